The molecule has 25 heavy (non-hydrogen) atoms. The zero-order valence-electron chi connectivity index (χ0n) is 14.6. The van der Waals surface area contributed by atoms with Gasteiger partial charge < -0.3 is 15.5 Å². The molecule has 0 radical (unpaired) electrons. The van der Waals surface area contributed by atoms with Crippen LogP contribution in [0.2, 0.25) is 0 Å². The van der Waals surface area contributed by atoms with Crippen LogP contribution in [0.4, 0.5) is 17.6 Å². The van der Waals surface area contributed by atoms with Crippen LogP contribution in [0.15, 0.2) is 42.9 Å². The van der Waals surface area contributed by atoms with Crippen molar-refractivity contribution in [1.29, 1.82) is 0 Å². The Balaban J connectivity index is 1.58. The lowest BCUT2D eigenvalue weighted by molar-refractivity contribution is 0.767. The van der Waals surface area contributed by atoms with E-state index in [0.717, 1.165) is 22.9 Å². The van der Waals surface area contributed by atoms with Crippen LogP contribution in [-0.2, 0) is 7.05 Å². The highest BCUT2D eigenvalue weighted by atomic mass is 15.4. The van der Waals surface area contributed by atoms with E-state index < -0.39 is 0 Å². The van der Waals surface area contributed by atoms with Crippen LogP contribution in [0.5, 0.6) is 0 Å². The molecule has 130 valence electrons. The molecule has 0 bridgehead atoms. The summed E-state index contributed by atoms with van der Waals surface area (Å²) in [6, 6.07) is 10.2. The van der Waals surface area contributed by atoms with Gasteiger partial charge >= 0.3 is 0 Å². The van der Waals surface area contributed by atoms with Crippen molar-refractivity contribution in [2.24, 2.45) is 7.05 Å². The van der Waals surface area contributed by atoms with Crippen LogP contribution >= 0.6 is 0 Å². The predicted octanol–water partition coefficient (Wildman–Crippen LogP) is 1.86. The summed E-state index contributed by atoms with van der Waals surface area (Å²) in [5.41, 5.74) is 3.11. The van der Waals surface area contributed by atoms with Crippen LogP contribution in [0.25, 0.3) is 11.3 Å². The maximum atomic E-state index is 4.57. The van der Waals surface area contributed by atoms with Crippen LogP contribution in [0.1, 0.15) is 0 Å². The second kappa shape index (κ2) is 7.61. The molecular weight excluding hydrogens is 316 g/mol. The Bertz CT molecular complexity index is 810. The standard InChI is InChI=1S/C17H22N8/c1-24(2)14-6-4-13(5-7-14)15-8-9-18-16(23-15)19-10-11-20-17-21-12-22-25(17)3/h4-9,12H,10-11H2,1-3H3,(H,18,19,23)(H,20,21,22). The first-order chi connectivity index (χ1) is 12.1. The fourth-order valence-corrected chi connectivity index (χ4v) is 2.34. The molecule has 3 rings (SSSR count). The molecule has 0 atom stereocenters. The molecule has 0 spiro atoms. The van der Waals surface area contributed by atoms with E-state index in [9.17, 15) is 0 Å². The minimum atomic E-state index is 0.606. The molecule has 0 unspecified atom stereocenters. The Morgan fingerprint density at radius 2 is 1.76 bits per heavy atom. The zero-order chi connectivity index (χ0) is 17.6. The maximum Gasteiger partial charge on any atom is 0.223 e. The normalized spacial score (nSPS) is 10.5. The molecule has 0 amide bonds. The van der Waals surface area contributed by atoms with Gasteiger partial charge in [-0.05, 0) is 18.2 Å². The van der Waals surface area contributed by atoms with E-state index in [2.05, 4.69) is 59.8 Å². The maximum absolute atomic E-state index is 4.57. The molecule has 2 aromatic heterocycles. The van der Waals surface area contributed by atoms with Gasteiger partial charge in [-0.2, -0.15) is 10.1 Å². The number of hydrogen-bond acceptors (Lipinski definition) is 7. The minimum Gasteiger partial charge on any atom is -0.378 e. The van der Waals surface area contributed by atoms with Crippen molar-refractivity contribution in [3.63, 3.8) is 0 Å². The van der Waals surface area contributed by atoms with E-state index in [4.69, 9.17) is 0 Å². The first-order valence-electron chi connectivity index (χ1n) is 8.06. The number of hydrogen-bond donors (Lipinski definition) is 2. The summed E-state index contributed by atoms with van der Waals surface area (Å²) in [5, 5.41) is 10.4. The Morgan fingerprint density at radius 1 is 1.00 bits per heavy atom. The molecule has 0 saturated carbocycles. The summed E-state index contributed by atoms with van der Waals surface area (Å²) in [4.78, 5) is 15.0. The van der Waals surface area contributed by atoms with E-state index in [1.165, 1.54) is 6.33 Å². The monoisotopic (exact) mass is 338 g/mol. The second-order valence-electron chi connectivity index (χ2n) is 5.77. The van der Waals surface area contributed by atoms with Crippen molar-refractivity contribution in [2.75, 3.05) is 42.7 Å². The molecule has 8 nitrogen and oxygen atoms in total. The van der Waals surface area contributed by atoms with Crippen LogP contribution in [0.3, 0.4) is 0 Å². The minimum absolute atomic E-state index is 0.606. The summed E-state index contributed by atoms with van der Waals surface area (Å²) >= 11 is 0. The first-order valence-corrected chi connectivity index (χ1v) is 8.06. The third kappa shape index (κ3) is 4.23. The van der Waals surface area contributed by atoms with E-state index in [1.807, 2.05) is 27.2 Å². The Hall–Kier alpha value is -3.16. The van der Waals surface area contributed by atoms with Crippen molar-refractivity contribution in [3.05, 3.63) is 42.9 Å². The van der Waals surface area contributed by atoms with Gasteiger partial charge in [0.25, 0.3) is 0 Å². The van der Waals surface area contributed by atoms with Crippen molar-refractivity contribution in [2.45, 2.75) is 0 Å². The Labute approximate surface area is 146 Å². The largest absolute Gasteiger partial charge is 0.378 e. The van der Waals surface area contributed by atoms with Gasteiger partial charge in [-0.3, -0.25) is 0 Å². The number of anilines is 3. The predicted molar refractivity (Wildman–Crippen MR) is 99.8 cm³/mol. The van der Waals surface area contributed by atoms with Crippen LogP contribution in [0, 0.1) is 0 Å². The number of benzene rings is 1. The average Bonchev–Trinajstić information content (AvgIpc) is 3.04. The molecule has 0 saturated heterocycles. The van der Waals surface area contributed by atoms with Gasteiger partial charge in [0.15, 0.2) is 0 Å². The zero-order valence-corrected chi connectivity index (χ0v) is 14.6. The Kier molecular flexibility index (Phi) is 5.08. The third-order valence-electron chi connectivity index (χ3n) is 3.74. The Morgan fingerprint density at radius 3 is 2.44 bits per heavy atom. The highest BCUT2D eigenvalue weighted by molar-refractivity contribution is 5.63. The quantitative estimate of drug-likeness (QED) is 0.636. The number of aryl methyl sites for hydroxylation is 1. The van der Waals surface area contributed by atoms with Gasteiger partial charge in [0.2, 0.25) is 11.9 Å². The molecule has 8 heteroatoms. The highest BCUT2D eigenvalue weighted by Gasteiger charge is 2.04. The lowest BCUT2D eigenvalue weighted by Crippen LogP contribution is -2.17. The summed E-state index contributed by atoms with van der Waals surface area (Å²) in [6.07, 6.45) is 3.28. The molecular formula is C17H22N8. The molecule has 0 fully saturated rings. The number of nitrogens with zero attached hydrogens (tertiary/aromatic N) is 6. The lowest BCUT2D eigenvalue weighted by atomic mass is 10.1. The topological polar surface area (TPSA) is 83.8 Å². The van der Waals surface area contributed by atoms with Crippen molar-refractivity contribution < 1.29 is 0 Å². The summed E-state index contributed by atoms with van der Waals surface area (Å²) in [5.74, 6) is 1.34. The summed E-state index contributed by atoms with van der Waals surface area (Å²) in [6.45, 7) is 1.37. The molecule has 2 N–H and O–H groups in total. The number of nitrogens with one attached hydrogen (secondary N) is 2. The average molecular weight is 338 g/mol. The molecule has 0 aliphatic heterocycles. The van der Waals surface area contributed by atoms with Crippen molar-refractivity contribution >= 4 is 17.6 Å². The van der Waals surface area contributed by atoms with Crippen LogP contribution in [-0.4, -0.2) is 51.9 Å². The van der Waals surface area contributed by atoms with Gasteiger partial charge in [-0.15, -0.1) is 0 Å². The lowest BCUT2D eigenvalue weighted by Gasteiger charge is -2.12. The molecule has 0 aliphatic carbocycles. The van der Waals surface area contributed by atoms with Gasteiger partial charge in [-0.1, -0.05) is 12.1 Å². The molecule has 1 aromatic carbocycles. The molecule has 2 heterocycles. The van der Waals surface area contributed by atoms with E-state index in [-0.39, 0.29) is 0 Å². The number of aromatic nitrogens is 5. The fraction of sp³-hybridized carbons (Fsp3) is 0.294. The van der Waals surface area contributed by atoms with Crippen molar-refractivity contribution in [1.82, 2.24) is 24.7 Å². The van der Waals surface area contributed by atoms with Gasteiger partial charge in [0.1, 0.15) is 6.33 Å². The highest BCUT2D eigenvalue weighted by Crippen LogP contribution is 2.21. The molecule has 0 aliphatic rings. The third-order valence-corrected chi connectivity index (χ3v) is 3.74. The second-order valence-corrected chi connectivity index (χ2v) is 5.77. The summed E-state index contributed by atoms with van der Waals surface area (Å²) < 4.78 is 1.69. The van der Waals surface area contributed by atoms with Gasteiger partial charge in [0.05, 0.1) is 5.69 Å². The summed E-state index contributed by atoms with van der Waals surface area (Å²) in [7, 11) is 5.89. The fourth-order valence-electron chi connectivity index (χ4n) is 2.34. The van der Waals surface area contributed by atoms with Gasteiger partial charge in [-0.25, -0.2) is 14.6 Å². The SMILES string of the molecule is CN(C)c1ccc(-c2ccnc(NCCNc3ncnn3C)n2)cc1. The van der Waals surface area contributed by atoms with E-state index in [0.29, 0.717) is 19.0 Å². The number of rotatable bonds is 7. The van der Waals surface area contributed by atoms with E-state index >= 15 is 0 Å². The smallest absolute Gasteiger partial charge is 0.223 e. The molecule has 3 aromatic rings. The van der Waals surface area contributed by atoms with Gasteiger partial charge in [0, 0.05) is 51.7 Å². The van der Waals surface area contributed by atoms with Crippen LogP contribution < -0.4 is 15.5 Å². The van der Waals surface area contributed by atoms with Crippen molar-refractivity contribution in [3.8, 4) is 11.3 Å². The van der Waals surface area contributed by atoms with E-state index in [1.54, 1.807) is 10.9 Å². The first kappa shape index (κ1) is 16.7.